The zero-order valence-electron chi connectivity index (χ0n) is 7.54. The van der Waals surface area contributed by atoms with E-state index >= 15 is 0 Å². The third kappa shape index (κ3) is 2.51. The first-order chi connectivity index (χ1) is 6.15. The first kappa shape index (κ1) is 10.2. The summed E-state index contributed by atoms with van der Waals surface area (Å²) >= 11 is 3.41. The summed E-state index contributed by atoms with van der Waals surface area (Å²) in [4.78, 5) is 13.7. The molecule has 0 radical (unpaired) electrons. The molecule has 0 aliphatic carbocycles. The zero-order chi connectivity index (χ0) is 9.84. The fourth-order valence-corrected chi connectivity index (χ4v) is 1.71. The molecule has 0 saturated heterocycles. The standard InChI is InChI=1S/C10H10BrNO/c1-7-3-4-10(11)9(5-7)8(2)12-6-13/h3-5,8H,1-2H3. The number of hydrogen-bond acceptors (Lipinski definition) is 2. The third-order valence-corrected chi connectivity index (χ3v) is 2.57. The summed E-state index contributed by atoms with van der Waals surface area (Å²) in [6.45, 7) is 3.87. The highest BCUT2D eigenvalue weighted by Crippen LogP contribution is 2.26. The molecule has 0 amide bonds. The lowest BCUT2D eigenvalue weighted by molar-refractivity contribution is 0.559. The summed E-state index contributed by atoms with van der Waals surface area (Å²) in [6, 6.07) is 5.84. The van der Waals surface area contributed by atoms with Crippen LogP contribution < -0.4 is 0 Å². The first-order valence-corrected chi connectivity index (χ1v) is 4.77. The molecule has 0 fully saturated rings. The van der Waals surface area contributed by atoms with Crippen LogP contribution in [0.25, 0.3) is 0 Å². The van der Waals surface area contributed by atoms with Crippen molar-refractivity contribution in [2.45, 2.75) is 19.9 Å². The van der Waals surface area contributed by atoms with E-state index in [1.54, 1.807) is 6.08 Å². The van der Waals surface area contributed by atoms with Gasteiger partial charge in [-0.25, -0.2) is 4.79 Å². The number of aliphatic imine (C=N–C) groups is 1. The van der Waals surface area contributed by atoms with Gasteiger partial charge in [-0.1, -0.05) is 33.6 Å². The van der Waals surface area contributed by atoms with E-state index in [1.165, 1.54) is 0 Å². The highest BCUT2D eigenvalue weighted by atomic mass is 79.9. The molecule has 3 heteroatoms. The largest absolute Gasteiger partial charge is 0.235 e. The summed E-state index contributed by atoms with van der Waals surface area (Å²) in [5, 5.41) is 0. The van der Waals surface area contributed by atoms with E-state index in [1.807, 2.05) is 32.0 Å². The van der Waals surface area contributed by atoms with Gasteiger partial charge in [0.2, 0.25) is 6.08 Å². The fourth-order valence-electron chi connectivity index (χ4n) is 1.13. The highest BCUT2D eigenvalue weighted by molar-refractivity contribution is 9.10. The van der Waals surface area contributed by atoms with E-state index in [2.05, 4.69) is 20.9 Å². The minimum atomic E-state index is -0.133. The van der Waals surface area contributed by atoms with Crippen LogP contribution in [0.1, 0.15) is 24.1 Å². The lowest BCUT2D eigenvalue weighted by atomic mass is 10.1. The second kappa shape index (κ2) is 4.35. The van der Waals surface area contributed by atoms with Gasteiger partial charge in [0, 0.05) is 4.47 Å². The van der Waals surface area contributed by atoms with E-state index in [9.17, 15) is 4.79 Å². The van der Waals surface area contributed by atoms with E-state index in [0.29, 0.717) is 0 Å². The van der Waals surface area contributed by atoms with Crippen LogP contribution in [0.3, 0.4) is 0 Å². The van der Waals surface area contributed by atoms with Gasteiger partial charge >= 0.3 is 0 Å². The van der Waals surface area contributed by atoms with Gasteiger partial charge in [0.1, 0.15) is 0 Å². The summed E-state index contributed by atoms with van der Waals surface area (Å²) < 4.78 is 0.976. The number of rotatable bonds is 2. The van der Waals surface area contributed by atoms with Crippen molar-refractivity contribution in [3.63, 3.8) is 0 Å². The monoisotopic (exact) mass is 239 g/mol. The number of isocyanates is 1. The maximum Gasteiger partial charge on any atom is 0.235 e. The summed E-state index contributed by atoms with van der Waals surface area (Å²) in [5.41, 5.74) is 2.18. The Bertz CT molecular complexity index is 356. The Labute approximate surface area is 85.8 Å². The lowest BCUT2D eigenvalue weighted by Crippen LogP contribution is -1.91. The SMILES string of the molecule is Cc1ccc(Br)c(C(C)N=C=O)c1. The van der Waals surface area contributed by atoms with Crippen LogP contribution in [0.4, 0.5) is 0 Å². The van der Waals surface area contributed by atoms with Crippen molar-refractivity contribution >= 4 is 22.0 Å². The van der Waals surface area contributed by atoms with E-state index in [4.69, 9.17) is 0 Å². The van der Waals surface area contributed by atoms with Gasteiger partial charge in [0.15, 0.2) is 0 Å². The average molecular weight is 240 g/mol. The van der Waals surface area contributed by atoms with Crippen LogP contribution in [-0.2, 0) is 4.79 Å². The van der Waals surface area contributed by atoms with Crippen molar-refractivity contribution in [3.05, 3.63) is 33.8 Å². The zero-order valence-corrected chi connectivity index (χ0v) is 9.13. The van der Waals surface area contributed by atoms with Gasteiger partial charge in [-0.3, -0.25) is 0 Å². The number of aryl methyl sites for hydroxylation is 1. The number of nitrogens with zero attached hydrogens (tertiary/aromatic N) is 1. The molecule has 0 saturated carbocycles. The third-order valence-electron chi connectivity index (χ3n) is 1.85. The molecule has 0 bridgehead atoms. The topological polar surface area (TPSA) is 29.4 Å². The second-order valence-electron chi connectivity index (χ2n) is 2.92. The van der Waals surface area contributed by atoms with Crippen LogP contribution in [0.5, 0.6) is 0 Å². The Balaban J connectivity index is 3.12. The van der Waals surface area contributed by atoms with Crippen LogP contribution in [-0.4, -0.2) is 6.08 Å². The predicted molar refractivity (Wildman–Crippen MR) is 55.4 cm³/mol. The average Bonchev–Trinajstić information content (AvgIpc) is 2.09. The van der Waals surface area contributed by atoms with E-state index in [0.717, 1.165) is 15.6 Å². The number of halogens is 1. The Morgan fingerprint density at radius 2 is 2.23 bits per heavy atom. The van der Waals surface area contributed by atoms with Crippen LogP contribution in [0.2, 0.25) is 0 Å². The van der Waals surface area contributed by atoms with Crippen LogP contribution in [0.15, 0.2) is 27.7 Å². The first-order valence-electron chi connectivity index (χ1n) is 3.98. The molecule has 2 nitrogen and oxygen atoms in total. The molecule has 0 spiro atoms. The summed E-state index contributed by atoms with van der Waals surface area (Å²) in [7, 11) is 0. The van der Waals surface area contributed by atoms with Gasteiger partial charge < -0.3 is 0 Å². The molecule has 0 N–H and O–H groups in total. The molecule has 1 rings (SSSR count). The molecule has 1 unspecified atom stereocenters. The molecule has 0 heterocycles. The number of benzene rings is 1. The van der Waals surface area contributed by atoms with Gasteiger partial charge in [-0.15, -0.1) is 0 Å². The van der Waals surface area contributed by atoms with E-state index in [-0.39, 0.29) is 6.04 Å². The summed E-state index contributed by atoms with van der Waals surface area (Å²) in [6.07, 6.45) is 1.57. The molecular weight excluding hydrogens is 230 g/mol. The van der Waals surface area contributed by atoms with Crippen molar-refractivity contribution in [2.75, 3.05) is 0 Å². The molecular formula is C10H10BrNO. The maximum absolute atomic E-state index is 10.1. The molecule has 0 aromatic heterocycles. The minimum absolute atomic E-state index is 0.133. The minimum Gasteiger partial charge on any atom is -0.211 e. The quantitative estimate of drug-likeness (QED) is 0.576. The Morgan fingerprint density at radius 1 is 1.54 bits per heavy atom. The number of carbonyl (C=O) groups excluding carboxylic acids is 1. The van der Waals surface area contributed by atoms with Crippen molar-refractivity contribution in [3.8, 4) is 0 Å². The lowest BCUT2D eigenvalue weighted by Gasteiger charge is -2.07. The second-order valence-corrected chi connectivity index (χ2v) is 3.78. The Morgan fingerprint density at radius 3 is 2.85 bits per heavy atom. The smallest absolute Gasteiger partial charge is 0.211 e. The van der Waals surface area contributed by atoms with Gasteiger partial charge in [0.05, 0.1) is 6.04 Å². The molecule has 0 aliphatic heterocycles. The van der Waals surface area contributed by atoms with Crippen LogP contribution in [0, 0.1) is 6.92 Å². The molecule has 0 aliphatic rings. The van der Waals surface area contributed by atoms with Crippen LogP contribution >= 0.6 is 15.9 Å². The molecule has 1 aromatic rings. The maximum atomic E-state index is 10.1. The highest BCUT2D eigenvalue weighted by Gasteiger charge is 2.07. The van der Waals surface area contributed by atoms with E-state index < -0.39 is 0 Å². The molecule has 13 heavy (non-hydrogen) atoms. The van der Waals surface area contributed by atoms with Crippen molar-refractivity contribution < 1.29 is 4.79 Å². The normalized spacial score (nSPS) is 11.9. The number of hydrogen-bond donors (Lipinski definition) is 0. The van der Waals surface area contributed by atoms with Crippen molar-refractivity contribution in [1.29, 1.82) is 0 Å². The molecule has 1 aromatic carbocycles. The molecule has 1 atom stereocenters. The van der Waals surface area contributed by atoms with Crippen molar-refractivity contribution in [1.82, 2.24) is 0 Å². The van der Waals surface area contributed by atoms with Crippen molar-refractivity contribution in [2.24, 2.45) is 4.99 Å². The molecule has 68 valence electrons. The Hall–Kier alpha value is -0.920. The Kier molecular flexibility index (Phi) is 3.40. The van der Waals surface area contributed by atoms with Gasteiger partial charge in [0.25, 0.3) is 0 Å². The predicted octanol–water partition coefficient (Wildman–Crippen LogP) is 3.15. The fraction of sp³-hybridized carbons (Fsp3) is 0.300. The van der Waals surface area contributed by atoms with Gasteiger partial charge in [-0.2, -0.15) is 4.99 Å². The summed E-state index contributed by atoms with van der Waals surface area (Å²) in [5.74, 6) is 0. The van der Waals surface area contributed by atoms with Gasteiger partial charge in [-0.05, 0) is 25.5 Å².